The molecule has 1 fully saturated rings. The van der Waals surface area contributed by atoms with Crippen LogP contribution in [0.2, 0.25) is 0 Å². The molecule has 0 spiro atoms. The Hall–Kier alpha value is -2.37. The summed E-state index contributed by atoms with van der Waals surface area (Å²) in [5.41, 5.74) is 8.10. The molecule has 2 aliphatic carbocycles. The molecule has 1 atom stereocenters. The SMILES string of the molecule is Cc1ccc(N2NC3=C4C=CC(O)(O)C=C4CCC3CC2=O)cc1. The van der Waals surface area contributed by atoms with Gasteiger partial charge in [0, 0.05) is 18.0 Å². The molecule has 3 N–H and O–H groups in total. The van der Waals surface area contributed by atoms with Crippen LogP contribution in [-0.2, 0) is 4.79 Å². The molecule has 1 aromatic carbocycles. The lowest BCUT2D eigenvalue weighted by molar-refractivity contribution is -0.121. The second kappa shape index (κ2) is 5.33. The highest BCUT2D eigenvalue weighted by molar-refractivity contribution is 5.94. The molecule has 5 nitrogen and oxygen atoms in total. The number of nitrogens with one attached hydrogen (secondary N) is 1. The van der Waals surface area contributed by atoms with Crippen molar-refractivity contribution < 1.29 is 15.0 Å². The molecule has 1 unspecified atom stereocenters. The van der Waals surface area contributed by atoms with Crippen LogP contribution >= 0.6 is 0 Å². The number of carbonyl (C=O) groups is 1. The van der Waals surface area contributed by atoms with Crippen LogP contribution < -0.4 is 10.4 Å². The lowest BCUT2D eigenvalue weighted by atomic mass is 9.78. The topological polar surface area (TPSA) is 72.8 Å². The Bertz CT molecular complexity index is 787. The second-order valence-electron chi connectivity index (χ2n) is 6.73. The van der Waals surface area contributed by atoms with E-state index in [2.05, 4.69) is 5.43 Å². The minimum atomic E-state index is -1.88. The van der Waals surface area contributed by atoms with Crippen molar-refractivity contribution in [3.05, 3.63) is 64.9 Å². The minimum absolute atomic E-state index is 0.0547. The van der Waals surface area contributed by atoms with Gasteiger partial charge in [0.25, 0.3) is 0 Å². The third-order valence-electron chi connectivity index (χ3n) is 4.88. The molecule has 1 heterocycles. The van der Waals surface area contributed by atoms with Gasteiger partial charge in [-0.25, -0.2) is 5.01 Å². The molecule has 5 heteroatoms. The highest BCUT2D eigenvalue weighted by Crippen LogP contribution is 2.40. The summed E-state index contributed by atoms with van der Waals surface area (Å²) in [7, 11) is 0. The smallest absolute Gasteiger partial charge is 0.246 e. The van der Waals surface area contributed by atoms with E-state index in [4.69, 9.17) is 0 Å². The number of rotatable bonds is 1. The Balaban J connectivity index is 1.72. The maximum atomic E-state index is 12.5. The lowest BCUT2D eigenvalue weighted by Crippen LogP contribution is -2.51. The van der Waals surface area contributed by atoms with Crippen LogP contribution in [0, 0.1) is 12.8 Å². The van der Waals surface area contributed by atoms with Gasteiger partial charge in [-0.05, 0) is 55.2 Å². The first-order chi connectivity index (χ1) is 11.4. The Morgan fingerprint density at radius 1 is 1.25 bits per heavy atom. The Morgan fingerprint density at radius 3 is 2.75 bits per heavy atom. The van der Waals surface area contributed by atoms with Gasteiger partial charge in [0.05, 0.1) is 5.69 Å². The van der Waals surface area contributed by atoms with E-state index in [0.717, 1.165) is 40.9 Å². The third-order valence-corrected chi connectivity index (χ3v) is 4.88. The molecule has 0 radical (unpaired) electrons. The summed E-state index contributed by atoms with van der Waals surface area (Å²) in [6.45, 7) is 2.01. The normalized spacial score (nSPS) is 25.0. The first-order valence-electron chi connectivity index (χ1n) is 8.19. The van der Waals surface area contributed by atoms with Crippen LogP contribution in [0.4, 0.5) is 5.69 Å². The van der Waals surface area contributed by atoms with Crippen LogP contribution in [0.5, 0.6) is 0 Å². The quantitative estimate of drug-likeness (QED) is 0.692. The van der Waals surface area contributed by atoms with E-state index in [1.807, 2.05) is 31.2 Å². The molecule has 4 rings (SSSR count). The van der Waals surface area contributed by atoms with E-state index in [0.29, 0.717) is 6.42 Å². The van der Waals surface area contributed by atoms with Crippen LogP contribution in [0.25, 0.3) is 0 Å². The summed E-state index contributed by atoms with van der Waals surface area (Å²) in [4.78, 5) is 12.5. The number of hydrogen-bond donors (Lipinski definition) is 3. The fourth-order valence-electron chi connectivity index (χ4n) is 3.60. The number of benzene rings is 1. The molecular weight excluding hydrogens is 304 g/mol. The molecule has 1 aromatic rings. The number of carbonyl (C=O) groups excluding carboxylic acids is 1. The standard InChI is InChI=1S/C19H20N2O3/c1-12-2-6-15(7-3-12)21-17(22)10-13-4-5-14-11-19(23,24)9-8-16(14)18(13)20-21/h2-3,6-9,11,13,20,23-24H,4-5,10H2,1H3. The van der Waals surface area contributed by atoms with Crippen molar-refractivity contribution in [3.8, 4) is 0 Å². The average Bonchev–Trinajstić information content (AvgIpc) is 2.54. The third kappa shape index (κ3) is 2.56. The summed E-state index contributed by atoms with van der Waals surface area (Å²) in [5, 5.41) is 21.2. The number of amides is 1. The van der Waals surface area contributed by atoms with E-state index >= 15 is 0 Å². The molecule has 0 saturated carbocycles. The number of aliphatic hydroxyl groups is 2. The molecular formula is C19H20N2O3. The maximum Gasteiger partial charge on any atom is 0.246 e. The fraction of sp³-hybridized carbons (Fsp3) is 0.316. The molecule has 1 aliphatic heterocycles. The van der Waals surface area contributed by atoms with Crippen molar-refractivity contribution in [2.24, 2.45) is 5.92 Å². The number of nitrogens with zero attached hydrogens (tertiary/aromatic N) is 1. The zero-order chi connectivity index (χ0) is 16.9. The number of allylic oxidation sites excluding steroid dienone is 4. The first-order valence-corrected chi connectivity index (χ1v) is 8.19. The summed E-state index contributed by atoms with van der Waals surface area (Å²) in [6, 6.07) is 7.81. The fourth-order valence-corrected chi connectivity index (χ4v) is 3.60. The summed E-state index contributed by atoms with van der Waals surface area (Å²) in [6.07, 6.45) is 6.64. The Kier molecular flexibility index (Phi) is 3.37. The molecule has 1 saturated heterocycles. The zero-order valence-electron chi connectivity index (χ0n) is 13.5. The van der Waals surface area contributed by atoms with Crippen molar-refractivity contribution in [3.63, 3.8) is 0 Å². The monoisotopic (exact) mass is 324 g/mol. The highest BCUT2D eigenvalue weighted by Gasteiger charge is 2.37. The molecule has 124 valence electrons. The van der Waals surface area contributed by atoms with Crippen molar-refractivity contribution >= 4 is 11.6 Å². The highest BCUT2D eigenvalue weighted by atomic mass is 16.5. The van der Waals surface area contributed by atoms with Gasteiger partial charge in [0.1, 0.15) is 0 Å². The molecule has 24 heavy (non-hydrogen) atoms. The van der Waals surface area contributed by atoms with Gasteiger partial charge < -0.3 is 10.2 Å². The molecule has 3 aliphatic rings. The second-order valence-corrected chi connectivity index (χ2v) is 6.73. The predicted octanol–water partition coefficient (Wildman–Crippen LogP) is 2.08. The molecule has 0 aromatic heterocycles. The largest absolute Gasteiger partial charge is 0.359 e. The number of fused-ring (bicyclic) bond motifs is 2. The summed E-state index contributed by atoms with van der Waals surface area (Å²) in [5.74, 6) is -1.67. The van der Waals surface area contributed by atoms with Crippen LogP contribution in [-0.4, -0.2) is 21.9 Å². The summed E-state index contributed by atoms with van der Waals surface area (Å²) < 4.78 is 0. The van der Waals surface area contributed by atoms with Gasteiger partial charge >= 0.3 is 0 Å². The Labute approximate surface area is 140 Å². The van der Waals surface area contributed by atoms with Gasteiger partial charge in [-0.3, -0.25) is 10.2 Å². The summed E-state index contributed by atoms with van der Waals surface area (Å²) >= 11 is 0. The van der Waals surface area contributed by atoms with Crippen LogP contribution in [0.15, 0.2) is 59.3 Å². The zero-order valence-corrected chi connectivity index (χ0v) is 13.5. The van der Waals surface area contributed by atoms with Gasteiger partial charge in [0.15, 0.2) is 0 Å². The van der Waals surface area contributed by atoms with Gasteiger partial charge in [0.2, 0.25) is 11.7 Å². The Morgan fingerprint density at radius 2 is 2.00 bits per heavy atom. The van der Waals surface area contributed by atoms with Gasteiger partial charge in [-0.15, -0.1) is 0 Å². The van der Waals surface area contributed by atoms with Crippen molar-refractivity contribution in [2.45, 2.75) is 32.0 Å². The van der Waals surface area contributed by atoms with E-state index in [-0.39, 0.29) is 11.8 Å². The van der Waals surface area contributed by atoms with E-state index in [9.17, 15) is 15.0 Å². The van der Waals surface area contributed by atoms with Gasteiger partial charge in [-0.1, -0.05) is 23.8 Å². The maximum absolute atomic E-state index is 12.5. The van der Waals surface area contributed by atoms with Crippen LogP contribution in [0.3, 0.4) is 0 Å². The van der Waals surface area contributed by atoms with Gasteiger partial charge in [-0.2, -0.15) is 0 Å². The average molecular weight is 324 g/mol. The molecule has 0 bridgehead atoms. The first kappa shape index (κ1) is 15.2. The van der Waals surface area contributed by atoms with E-state index < -0.39 is 5.79 Å². The van der Waals surface area contributed by atoms with Crippen molar-refractivity contribution in [1.82, 2.24) is 5.43 Å². The molecule has 1 amide bonds. The van der Waals surface area contributed by atoms with Crippen LogP contribution in [0.1, 0.15) is 24.8 Å². The number of anilines is 1. The van der Waals surface area contributed by atoms with E-state index in [1.54, 1.807) is 11.1 Å². The van der Waals surface area contributed by atoms with Crippen molar-refractivity contribution in [2.75, 3.05) is 5.01 Å². The lowest BCUT2D eigenvalue weighted by Gasteiger charge is -2.40. The van der Waals surface area contributed by atoms with Crippen molar-refractivity contribution in [1.29, 1.82) is 0 Å². The van der Waals surface area contributed by atoms with E-state index in [1.165, 1.54) is 12.2 Å². The predicted molar refractivity (Wildman–Crippen MR) is 90.6 cm³/mol. The number of hydrogen-bond acceptors (Lipinski definition) is 4. The minimum Gasteiger partial charge on any atom is -0.359 e. The number of hydrazine groups is 1. The number of aryl methyl sites for hydroxylation is 1.